The summed E-state index contributed by atoms with van der Waals surface area (Å²) in [5.74, 6) is 0.342. The number of carbonyl (C=O) groups excluding carboxylic acids is 1. The first-order chi connectivity index (χ1) is 9.47. The van der Waals surface area contributed by atoms with Crippen LogP contribution < -0.4 is 0 Å². The highest BCUT2D eigenvalue weighted by molar-refractivity contribution is 7.17. The summed E-state index contributed by atoms with van der Waals surface area (Å²) in [6.45, 7) is 4.85. The zero-order valence-electron chi connectivity index (χ0n) is 11.6. The van der Waals surface area contributed by atoms with E-state index < -0.39 is 0 Å². The van der Waals surface area contributed by atoms with E-state index in [2.05, 4.69) is 36.2 Å². The molecule has 0 aliphatic carbocycles. The molecule has 1 aromatic heterocycles. The average Bonchev–Trinajstić information content (AvgIpc) is 2.85. The van der Waals surface area contributed by atoms with Gasteiger partial charge in [-0.25, -0.2) is 0 Å². The second kappa shape index (κ2) is 6.33. The lowest BCUT2D eigenvalue weighted by atomic mass is 10.0. The second-order valence-electron chi connectivity index (χ2n) is 4.92. The van der Waals surface area contributed by atoms with Gasteiger partial charge in [0.05, 0.1) is 0 Å². The van der Waals surface area contributed by atoms with Gasteiger partial charge in [0.2, 0.25) is 9.47 Å². The Morgan fingerprint density at radius 3 is 2.45 bits per heavy atom. The number of carbonyl (C=O) groups is 1. The highest BCUT2D eigenvalue weighted by atomic mass is 35.5. The van der Waals surface area contributed by atoms with Crippen molar-refractivity contribution in [3.05, 3.63) is 44.9 Å². The molecule has 0 fully saturated rings. The lowest BCUT2D eigenvalue weighted by Crippen LogP contribution is -2.26. The normalized spacial score (nSPS) is 10.8. The smallest absolute Gasteiger partial charge is 0.284 e. The topological polar surface area (TPSA) is 46.1 Å². The van der Waals surface area contributed by atoms with Gasteiger partial charge in [0.1, 0.15) is 0 Å². The van der Waals surface area contributed by atoms with Gasteiger partial charge in [0.15, 0.2) is 0 Å². The fourth-order valence-electron chi connectivity index (χ4n) is 1.81. The first-order valence-corrected chi connectivity index (χ1v) is 7.50. The number of rotatable bonds is 4. The summed E-state index contributed by atoms with van der Waals surface area (Å²) in [5, 5.41) is 7.72. The predicted molar refractivity (Wildman–Crippen MR) is 81.2 cm³/mol. The molecule has 6 heteroatoms. The Hall–Kier alpha value is -1.46. The summed E-state index contributed by atoms with van der Waals surface area (Å²) in [6.07, 6.45) is 0. The summed E-state index contributed by atoms with van der Waals surface area (Å²) in [6, 6.07) is 8.29. The summed E-state index contributed by atoms with van der Waals surface area (Å²) in [7, 11) is 1.74. The van der Waals surface area contributed by atoms with Gasteiger partial charge in [0.25, 0.3) is 5.91 Å². The Morgan fingerprint density at radius 2 is 1.95 bits per heavy atom. The molecule has 1 aromatic carbocycles. The Balaban J connectivity index is 2.03. The molecule has 0 unspecified atom stereocenters. The minimum absolute atomic E-state index is 0.165. The average molecular weight is 310 g/mol. The quantitative estimate of drug-likeness (QED) is 0.867. The monoisotopic (exact) mass is 309 g/mol. The van der Waals surface area contributed by atoms with E-state index in [9.17, 15) is 4.79 Å². The van der Waals surface area contributed by atoms with Crippen LogP contribution in [0.2, 0.25) is 4.47 Å². The highest BCUT2D eigenvalue weighted by Crippen LogP contribution is 2.18. The molecule has 2 rings (SSSR count). The van der Waals surface area contributed by atoms with Crippen molar-refractivity contribution in [2.24, 2.45) is 0 Å². The van der Waals surface area contributed by atoms with Crippen molar-refractivity contribution >= 4 is 28.8 Å². The maximum Gasteiger partial charge on any atom is 0.284 e. The van der Waals surface area contributed by atoms with Gasteiger partial charge in [0, 0.05) is 13.6 Å². The van der Waals surface area contributed by atoms with Crippen LogP contribution in [0.25, 0.3) is 0 Å². The number of hydrogen-bond donors (Lipinski definition) is 0. The second-order valence-corrected chi connectivity index (χ2v) is 6.48. The molecule has 1 amide bonds. The maximum atomic E-state index is 12.1. The van der Waals surface area contributed by atoms with E-state index in [0.717, 1.165) is 16.9 Å². The van der Waals surface area contributed by atoms with Crippen molar-refractivity contribution < 1.29 is 4.79 Å². The van der Waals surface area contributed by atoms with E-state index in [0.29, 0.717) is 17.5 Å². The van der Waals surface area contributed by atoms with Crippen LogP contribution in [0, 0.1) is 0 Å². The Labute approximate surface area is 127 Å². The minimum Gasteiger partial charge on any atom is -0.335 e. The third-order valence-electron chi connectivity index (χ3n) is 3.00. The molecule has 0 bridgehead atoms. The summed E-state index contributed by atoms with van der Waals surface area (Å²) in [5.41, 5.74) is 2.37. The summed E-state index contributed by atoms with van der Waals surface area (Å²) < 4.78 is 0.281. The van der Waals surface area contributed by atoms with Gasteiger partial charge in [-0.3, -0.25) is 4.79 Å². The van der Waals surface area contributed by atoms with Crippen molar-refractivity contribution in [1.82, 2.24) is 15.1 Å². The molecule has 0 aliphatic rings. The van der Waals surface area contributed by atoms with Crippen molar-refractivity contribution in [3.8, 4) is 0 Å². The number of benzene rings is 1. The summed E-state index contributed by atoms with van der Waals surface area (Å²) in [4.78, 5) is 13.7. The lowest BCUT2D eigenvalue weighted by molar-refractivity contribution is 0.0784. The molecular weight excluding hydrogens is 294 g/mol. The van der Waals surface area contributed by atoms with Crippen LogP contribution in [-0.4, -0.2) is 28.1 Å². The van der Waals surface area contributed by atoms with E-state index in [4.69, 9.17) is 11.6 Å². The van der Waals surface area contributed by atoms with E-state index in [1.807, 2.05) is 12.1 Å². The number of nitrogens with zero attached hydrogens (tertiary/aromatic N) is 3. The fraction of sp³-hybridized carbons (Fsp3) is 0.357. The van der Waals surface area contributed by atoms with Crippen LogP contribution in [0.3, 0.4) is 0 Å². The van der Waals surface area contributed by atoms with Gasteiger partial charge < -0.3 is 4.90 Å². The molecule has 0 saturated heterocycles. The standard InChI is InChI=1S/C14H16ClN3OS/c1-9(2)11-6-4-10(5-7-11)8-18(3)13(19)12-16-17-14(15)20-12/h4-7,9H,8H2,1-3H3. The van der Waals surface area contributed by atoms with Crippen LogP contribution in [0.15, 0.2) is 24.3 Å². The molecule has 2 aromatic rings. The van der Waals surface area contributed by atoms with Gasteiger partial charge in [-0.1, -0.05) is 49.4 Å². The predicted octanol–water partition coefficient (Wildman–Crippen LogP) is 3.59. The van der Waals surface area contributed by atoms with E-state index in [1.165, 1.54) is 5.56 Å². The van der Waals surface area contributed by atoms with Crippen molar-refractivity contribution in [1.29, 1.82) is 0 Å². The van der Waals surface area contributed by atoms with E-state index >= 15 is 0 Å². The fourth-order valence-corrected chi connectivity index (χ4v) is 2.63. The van der Waals surface area contributed by atoms with Crippen LogP contribution in [0.1, 0.15) is 40.7 Å². The molecule has 4 nitrogen and oxygen atoms in total. The molecule has 106 valence electrons. The van der Waals surface area contributed by atoms with Gasteiger partial charge >= 0.3 is 0 Å². The van der Waals surface area contributed by atoms with Crippen molar-refractivity contribution in [3.63, 3.8) is 0 Å². The minimum atomic E-state index is -0.165. The molecule has 0 atom stereocenters. The first kappa shape index (κ1) is 14.9. The third-order valence-corrected chi connectivity index (χ3v) is 4.00. The molecular formula is C14H16ClN3OS. The van der Waals surface area contributed by atoms with E-state index in [1.54, 1.807) is 11.9 Å². The number of amides is 1. The van der Waals surface area contributed by atoms with Gasteiger partial charge in [-0.15, -0.1) is 10.2 Å². The lowest BCUT2D eigenvalue weighted by Gasteiger charge is -2.16. The molecule has 20 heavy (non-hydrogen) atoms. The molecule has 1 heterocycles. The molecule has 0 aliphatic heterocycles. The molecule has 0 N–H and O–H groups in total. The molecule has 0 saturated carbocycles. The number of hydrogen-bond acceptors (Lipinski definition) is 4. The van der Waals surface area contributed by atoms with Crippen LogP contribution in [0.5, 0.6) is 0 Å². The molecule has 0 radical (unpaired) electrons. The maximum absolute atomic E-state index is 12.1. The zero-order valence-corrected chi connectivity index (χ0v) is 13.2. The highest BCUT2D eigenvalue weighted by Gasteiger charge is 2.17. The Morgan fingerprint density at radius 1 is 1.30 bits per heavy atom. The van der Waals surface area contributed by atoms with Crippen molar-refractivity contribution in [2.75, 3.05) is 7.05 Å². The van der Waals surface area contributed by atoms with Crippen LogP contribution >= 0.6 is 22.9 Å². The third kappa shape index (κ3) is 3.55. The largest absolute Gasteiger partial charge is 0.335 e. The zero-order chi connectivity index (χ0) is 14.7. The Bertz CT molecular complexity index is 595. The number of aromatic nitrogens is 2. The van der Waals surface area contributed by atoms with Gasteiger partial charge in [-0.05, 0) is 28.6 Å². The number of halogens is 1. The van der Waals surface area contributed by atoms with Crippen molar-refractivity contribution in [2.45, 2.75) is 26.3 Å². The summed E-state index contributed by atoms with van der Waals surface area (Å²) >= 11 is 6.78. The van der Waals surface area contributed by atoms with E-state index in [-0.39, 0.29) is 10.4 Å². The first-order valence-electron chi connectivity index (χ1n) is 6.30. The molecule has 0 spiro atoms. The Kier molecular flexibility index (Phi) is 4.73. The SMILES string of the molecule is CC(C)c1ccc(CN(C)C(=O)c2nnc(Cl)s2)cc1. The van der Waals surface area contributed by atoms with Crippen LogP contribution in [-0.2, 0) is 6.54 Å². The van der Waals surface area contributed by atoms with Crippen LogP contribution in [0.4, 0.5) is 0 Å². The van der Waals surface area contributed by atoms with Gasteiger partial charge in [-0.2, -0.15) is 0 Å².